The molecule has 0 heterocycles. The molecule has 3 aromatic rings. The molecule has 0 fully saturated rings. The van der Waals surface area contributed by atoms with E-state index in [4.69, 9.17) is 5.73 Å². The molecule has 3 rings (SSSR count). The lowest BCUT2D eigenvalue weighted by Gasteiger charge is -2.10. The number of nitrogen functional groups attached to an aromatic ring is 1. The van der Waals surface area contributed by atoms with Crippen molar-refractivity contribution < 1.29 is 0 Å². The summed E-state index contributed by atoms with van der Waals surface area (Å²) in [6.45, 7) is 0. The van der Waals surface area contributed by atoms with Crippen molar-refractivity contribution in [3.05, 3.63) is 62.6 Å². The maximum absolute atomic E-state index is 5.77. The van der Waals surface area contributed by atoms with Crippen LogP contribution in [-0.4, -0.2) is 0 Å². The van der Waals surface area contributed by atoms with E-state index in [1.54, 1.807) is 0 Å². The molecule has 0 unspecified atom stereocenters. The van der Waals surface area contributed by atoms with Gasteiger partial charge in [0.05, 0.1) is 5.69 Å². The van der Waals surface area contributed by atoms with Crippen LogP contribution in [0, 0.1) is 3.57 Å². The molecule has 3 N–H and O–H groups in total. The molecule has 20 heavy (non-hydrogen) atoms. The Morgan fingerprint density at radius 2 is 1.65 bits per heavy atom. The molecule has 0 radical (unpaired) electrons. The summed E-state index contributed by atoms with van der Waals surface area (Å²) in [6, 6.07) is 18.5. The van der Waals surface area contributed by atoms with Gasteiger partial charge in [0, 0.05) is 19.4 Å². The number of hydrogen-bond acceptors (Lipinski definition) is 2. The summed E-state index contributed by atoms with van der Waals surface area (Å²) in [5.74, 6) is 0. The molecule has 100 valence electrons. The summed E-state index contributed by atoms with van der Waals surface area (Å²) in [5.41, 5.74) is 8.69. The van der Waals surface area contributed by atoms with Gasteiger partial charge in [0.15, 0.2) is 0 Å². The Bertz CT molecular complexity index is 787. The van der Waals surface area contributed by atoms with E-state index in [0.717, 1.165) is 25.1 Å². The Labute approximate surface area is 139 Å². The summed E-state index contributed by atoms with van der Waals surface area (Å²) < 4.78 is 2.21. The van der Waals surface area contributed by atoms with Crippen molar-refractivity contribution in [2.75, 3.05) is 11.1 Å². The fraction of sp³-hybridized carbons (Fsp3) is 0. The van der Waals surface area contributed by atoms with Gasteiger partial charge < -0.3 is 11.1 Å². The summed E-state index contributed by atoms with van der Waals surface area (Å²) in [5, 5.41) is 5.86. The third-order valence-electron chi connectivity index (χ3n) is 3.07. The minimum absolute atomic E-state index is 0.781. The van der Waals surface area contributed by atoms with Crippen molar-refractivity contribution >= 4 is 66.4 Å². The van der Waals surface area contributed by atoms with Crippen molar-refractivity contribution in [2.24, 2.45) is 0 Å². The second-order valence-electron chi connectivity index (χ2n) is 4.57. The third-order valence-corrected chi connectivity index (χ3v) is 4.46. The fourth-order valence-corrected chi connectivity index (χ4v) is 3.14. The normalized spacial score (nSPS) is 10.7. The van der Waals surface area contributed by atoms with E-state index in [1.807, 2.05) is 18.2 Å². The molecular weight excluding hydrogens is 427 g/mol. The molecule has 0 aliphatic rings. The number of nitrogens with one attached hydrogen (secondary N) is 1. The van der Waals surface area contributed by atoms with Crippen molar-refractivity contribution in [1.29, 1.82) is 0 Å². The molecule has 0 aliphatic heterocycles. The van der Waals surface area contributed by atoms with Crippen LogP contribution in [0.3, 0.4) is 0 Å². The van der Waals surface area contributed by atoms with Crippen LogP contribution in [0.2, 0.25) is 0 Å². The first-order valence-corrected chi connectivity index (χ1v) is 8.00. The zero-order valence-electron chi connectivity index (χ0n) is 10.5. The Balaban J connectivity index is 1.96. The zero-order chi connectivity index (χ0) is 14.1. The van der Waals surface area contributed by atoms with E-state index < -0.39 is 0 Å². The number of anilines is 3. The molecule has 4 heteroatoms. The van der Waals surface area contributed by atoms with Crippen LogP contribution in [0.25, 0.3) is 10.8 Å². The smallest absolute Gasteiger partial charge is 0.0521 e. The average molecular weight is 439 g/mol. The first-order valence-electron chi connectivity index (χ1n) is 6.13. The molecule has 0 saturated carbocycles. The highest BCUT2D eigenvalue weighted by Gasteiger charge is 2.02. The summed E-state index contributed by atoms with van der Waals surface area (Å²) in [4.78, 5) is 0. The monoisotopic (exact) mass is 438 g/mol. The Morgan fingerprint density at radius 3 is 2.45 bits per heavy atom. The minimum atomic E-state index is 0.781. The van der Waals surface area contributed by atoms with Gasteiger partial charge in [-0.25, -0.2) is 0 Å². The van der Waals surface area contributed by atoms with Crippen molar-refractivity contribution in [3.8, 4) is 0 Å². The van der Waals surface area contributed by atoms with Gasteiger partial charge in [-0.2, -0.15) is 0 Å². The predicted octanol–water partition coefficient (Wildman–Crippen LogP) is 5.53. The molecule has 0 aliphatic carbocycles. The van der Waals surface area contributed by atoms with Crippen LogP contribution < -0.4 is 11.1 Å². The molecule has 0 saturated heterocycles. The van der Waals surface area contributed by atoms with Crippen molar-refractivity contribution in [1.82, 2.24) is 0 Å². The van der Waals surface area contributed by atoms with E-state index in [9.17, 15) is 0 Å². The lowest BCUT2D eigenvalue weighted by molar-refractivity contribution is 1.53. The van der Waals surface area contributed by atoms with Gasteiger partial charge in [0.1, 0.15) is 0 Å². The van der Waals surface area contributed by atoms with Gasteiger partial charge in [-0.3, -0.25) is 0 Å². The van der Waals surface area contributed by atoms with Crippen LogP contribution in [0.15, 0.2) is 59.1 Å². The maximum atomic E-state index is 5.77. The molecule has 2 nitrogen and oxygen atoms in total. The van der Waals surface area contributed by atoms with Crippen LogP contribution in [0.1, 0.15) is 0 Å². The lowest BCUT2D eigenvalue weighted by atomic mass is 10.1. The Kier molecular flexibility index (Phi) is 3.85. The summed E-state index contributed by atoms with van der Waals surface area (Å²) in [7, 11) is 0. The first kappa shape index (κ1) is 13.7. The second-order valence-corrected chi connectivity index (χ2v) is 6.65. The highest BCUT2D eigenvalue weighted by Crippen LogP contribution is 2.27. The Hall–Kier alpha value is -1.27. The van der Waals surface area contributed by atoms with Crippen LogP contribution >= 0.6 is 38.5 Å². The van der Waals surface area contributed by atoms with Gasteiger partial charge in [0.2, 0.25) is 0 Å². The third kappa shape index (κ3) is 2.91. The van der Waals surface area contributed by atoms with Crippen LogP contribution in [0.4, 0.5) is 17.1 Å². The SMILES string of the molecule is Nc1ccc(Nc2ccc3cc(Br)ccc3c2)c(I)c1. The Morgan fingerprint density at radius 1 is 0.900 bits per heavy atom. The van der Waals surface area contributed by atoms with Gasteiger partial charge in [-0.1, -0.05) is 28.1 Å². The largest absolute Gasteiger partial charge is 0.399 e. The van der Waals surface area contributed by atoms with Crippen molar-refractivity contribution in [2.45, 2.75) is 0 Å². The molecule has 0 amide bonds. The van der Waals surface area contributed by atoms with Gasteiger partial charge in [0.25, 0.3) is 0 Å². The zero-order valence-corrected chi connectivity index (χ0v) is 14.3. The number of halogens is 2. The summed E-state index contributed by atoms with van der Waals surface area (Å²) in [6.07, 6.45) is 0. The minimum Gasteiger partial charge on any atom is -0.399 e. The van der Waals surface area contributed by atoms with E-state index in [-0.39, 0.29) is 0 Å². The van der Waals surface area contributed by atoms with E-state index in [0.29, 0.717) is 0 Å². The number of benzene rings is 3. The van der Waals surface area contributed by atoms with E-state index in [1.165, 1.54) is 10.8 Å². The number of hydrogen-bond donors (Lipinski definition) is 2. The fourth-order valence-electron chi connectivity index (χ4n) is 2.08. The van der Waals surface area contributed by atoms with Gasteiger partial charge in [-0.05, 0) is 75.8 Å². The highest BCUT2D eigenvalue weighted by molar-refractivity contribution is 14.1. The standard InChI is InChI=1S/C16H12BrIN2/c17-12-3-1-11-8-14(5-2-10(11)7-12)20-16-6-4-13(19)9-15(16)18/h1-9,20H,19H2. The average Bonchev–Trinajstić information content (AvgIpc) is 2.42. The van der Waals surface area contributed by atoms with Crippen molar-refractivity contribution in [3.63, 3.8) is 0 Å². The van der Waals surface area contributed by atoms with E-state index in [2.05, 4.69) is 80.2 Å². The first-order chi connectivity index (χ1) is 9.61. The molecule has 0 atom stereocenters. The number of nitrogens with two attached hydrogens (primary N) is 1. The van der Waals surface area contributed by atoms with Gasteiger partial charge in [-0.15, -0.1) is 0 Å². The maximum Gasteiger partial charge on any atom is 0.0521 e. The molecule has 0 spiro atoms. The highest BCUT2D eigenvalue weighted by atomic mass is 127. The van der Waals surface area contributed by atoms with Gasteiger partial charge >= 0.3 is 0 Å². The molecule has 0 bridgehead atoms. The molecule has 0 aromatic heterocycles. The quantitative estimate of drug-likeness (QED) is 0.407. The molecular formula is C16H12BrIN2. The van der Waals surface area contributed by atoms with E-state index >= 15 is 0 Å². The topological polar surface area (TPSA) is 38.0 Å². The summed E-state index contributed by atoms with van der Waals surface area (Å²) >= 11 is 5.78. The number of fused-ring (bicyclic) bond motifs is 1. The van der Waals surface area contributed by atoms with Crippen LogP contribution in [0.5, 0.6) is 0 Å². The van der Waals surface area contributed by atoms with Crippen LogP contribution in [-0.2, 0) is 0 Å². The predicted molar refractivity (Wildman–Crippen MR) is 98.5 cm³/mol. The molecule has 3 aromatic carbocycles. The second kappa shape index (κ2) is 5.61. The number of rotatable bonds is 2. The lowest BCUT2D eigenvalue weighted by Crippen LogP contribution is -1.94.